The lowest BCUT2D eigenvalue weighted by atomic mass is 9.71. The predicted molar refractivity (Wildman–Crippen MR) is 79.1 cm³/mol. The van der Waals surface area contributed by atoms with E-state index in [0.717, 1.165) is 38.4 Å². The van der Waals surface area contributed by atoms with E-state index in [0.29, 0.717) is 10.5 Å². The van der Waals surface area contributed by atoms with Crippen LogP contribution in [0.5, 0.6) is 0 Å². The van der Waals surface area contributed by atoms with Crippen LogP contribution in [0.1, 0.15) is 46.5 Å². The third-order valence-electron chi connectivity index (χ3n) is 4.55. The molecule has 0 aromatic carbocycles. The van der Waals surface area contributed by atoms with Crippen molar-refractivity contribution in [3.05, 3.63) is 0 Å². The lowest BCUT2D eigenvalue weighted by Crippen LogP contribution is -2.47. The van der Waals surface area contributed by atoms with Crippen molar-refractivity contribution in [3.63, 3.8) is 0 Å². The SMILES string of the molecule is CC1CCC(C=O)(CN2CC(C)SC(C)C2)CC1. The molecule has 2 rings (SSSR count). The first-order valence-electron chi connectivity index (χ1n) is 7.37. The number of nitrogens with zero attached hydrogens (tertiary/aromatic N) is 1. The molecular formula is C15H27NOS. The minimum Gasteiger partial charge on any atom is -0.303 e. The molecule has 1 aliphatic carbocycles. The fourth-order valence-electron chi connectivity index (χ4n) is 3.51. The Labute approximate surface area is 116 Å². The molecule has 2 unspecified atom stereocenters. The fourth-order valence-corrected chi connectivity index (χ4v) is 4.90. The van der Waals surface area contributed by atoms with Gasteiger partial charge >= 0.3 is 0 Å². The zero-order chi connectivity index (χ0) is 13.2. The van der Waals surface area contributed by atoms with Crippen molar-refractivity contribution in [1.29, 1.82) is 0 Å². The highest BCUT2D eigenvalue weighted by Crippen LogP contribution is 2.39. The quantitative estimate of drug-likeness (QED) is 0.734. The molecule has 1 aliphatic heterocycles. The maximum atomic E-state index is 11.6. The minimum atomic E-state index is -0.0338. The van der Waals surface area contributed by atoms with Gasteiger partial charge in [-0.05, 0) is 31.6 Å². The minimum absolute atomic E-state index is 0.0338. The molecule has 0 bridgehead atoms. The van der Waals surface area contributed by atoms with Crippen LogP contribution in [0.3, 0.4) is 0 Å². The van der Waals surface area contributed by atoms with E-state index >= 15 is 0 Å². The fraction of sp³-hybridized carbons (Fsp3) is 0.933. The Morgan fingerprint density at radius 3 is 2.22 bits per heavy atom. The normalized spacial score (nSPS) is 42.7. The Bertz CT molecular complexity index is 276. The van der Waals surface area contributed by atoms with Gasteiger partial charge in [-0.15, -0.1) is 0 Å². The Morgan fingerprint density at radius 2 is 1.72 bits per heavy atom. The summed E-state index contributed by atoms with van der Waals surface area (Å²) in [5.41, 5.74) is -0.0338. The summed E-state index contributed by atoms with van der Waals surface area (Å²) >= 11 is 2.08. The molecule has 1 saturated carbocycles. The van der Waals surface area contributed by atoms with Crippen molar-refractivity contribution in [2.75, 3.05) is 19.6 Å². The van der Waals surface area contributed by atoms with E-state index in [1.54, 1.807) is 0 Å². The molecule has 0 N–H and O–H groups in total. The van der Waals surface area contributed by atoms with E-state index in [1.807, 2.05) is 0 Å². The molecular weight excluding hydrogens is 242 g/mol. The molecule has 0 aromatic rings. The Kier molecular flexibility index (Phi) is 4.76. The number of rotatable bonds is 3. The summed E-state index contributed by atoms with van der Waals surface area (Å²) in [5.74, 6) is 0.813. The lowest BCUT2D eigenvalue weighted by molar-refractivity contribution is -0.119. The summed E-state index contributed by atoms with van der Waals surface area (Å²) in [4.78, 5) is 14.1. The zero-order valence-electron chi connectivity index (χ0n) is 12.0. The Hall–Kier alpha value is -0.0200. The van der Waals surface area contributed by atoms with Crippen LogP contribution in [0.4, 0.5) is 0 Å². The highest BCUT2D eigenvalue weighted by molar-refractivity contribution is 8.00. The van der Waals surface area contributed by atoms with Gasteiger partial charge in [0, 0.05) is 35.5 Å². The predicted octanol–water partition coefficient (Wildman–Crippen LogP) is 3.21. The van der Waals surface area contributed by atoms with Gasteiger partial charge in [0.15, 0.2) is 0 Å². The summed E-state index contributed by atoms with van der Waals surface area (Å²) in [6, 6.07) is 0. The molecule has 1 saturated heterocycles. The monoisotopic (exact) mass is 269 g/mol. The molecule has 2 nitrogen and oxygen atoms in total. The maximum absolute atomic E-state index is 11.6. The van der Waals surface area contributed by atoms with E-state index < -0.39 is 0 Å². The molecule has 0 radical (unpaired) electrons. The van der Waals surface area contributed by atoms with Gasteiger partial charge in [-0.1, -0.05) is 20.8 Å². The van der Waals surface area contributed by atoms with Crippen LogP contribution in [0.25, 0.3) is 0 Å². The standard InChI is InChI=1S/C15H27NOS/c1-12-4-6-15(11-17,7-5-12)10-16-8-13(2)18-14(3)9-16/h11-14H,4-10H2,1-3H3. The largest absolute Gasteiger partial charge is 0.303 e. The topological polar surface area (TPSA) is 20.3 Å². The number of carbonyl (C=O) groups is 1. The third-order valence-corrected chi connectivity index (χ3v) is 5.78. The summed E-state index contributed by atoms with van der Waals surface area (Å²) < 4.78 is 0. The van der Waals surface area contributed by atoms with E-state index in [1.165, 1.54) is 19.1 Å². The van der Waals surface area contributed by atoms with Crippen molar-refractivity contribution in [1.82, 2.24) is 4.90 Å². The van der Waals surface area contributed by atoms with E-state index in [9.17, 15) is 4.79 Å². The van der Waals surface area contributed by atoms with Gasteiger partial charge in [-0.2, -0.15) is 11.8 Å². The van der Waals surface area contributed by atoms with Gasteiger partial charge in [-0.25, -0.2) is 0 Å². The van der Waals surface area contributed by atoms with Gasteiger partial charge in [0.1, 0.15) is 6.29 Å². The average molecular weight is 269 g/mol. The smallest absolute Gasteiger partial charge is 0.127 e. The molecule has 0 spiro atoms. The van der Waals surface area contributed by atoms with Crippen LogP contribution in [-0.4, -0.2) is 41.3 Å². The summed E-state index contributed by atoms with van der Waals surface area (Å²) in [6.45, 7) is 10.2. The summed E-state index contributed by atoms with van der Waals surface area (Å²) in [7, 11) is 0. The van der Waals surface area contributed by atoms with Gasteiger partial charge in [-0.3, -0.25) is 0 Å². The highest BCUT2D eigenvalue weighted by atomic mass is 32.2. The lowest BCUT2D eigenvalue weighted by Gasteiger charge is -2.42. The molecule has 2 aliphatic rings. The van der Waals surface area contributed by atoms with Crippen molar-refractivity contribution >= 4 is 18.0 Å². The van der Waals surface area contributed by atoms with Crippen molar-refractivity contribution in [2.24, 2.45) is 11.3 Å². The number of hydrogen-bond donors (Lipinski definition) is 0. The van der Waals surface area contributed by atoms with Crippen molar-refractivity contribution in [2.45, 2.75) is 57.0 Å². The van der Waals surface area contributed by atoms with Crippen molar-refractivity contribution in [3.8, 4) is 0 Å². The molecule has 1 heterocycles. The van der Waals surface area contributed by atoms with Gasteiger partial charge in [0.2, 0.25) is 0 Å². The molecule has 2 atom stereocenters. The molecule has 0 aromatic heterocycles. The maximum Gasteiger partial charge on any atom is 0.127 e. The van der Waals surface area contributed by atoms with Crippen molar-refractivity contribution < 1.29 is 4.79 Å². The molecule has 3 heteroatoms. The second-order valence-corrected chi connectivity index (χ2v) is 8.50. The van der Waals surface area contributed by atoms with Crippen LogP contribution in [0.15, 0.2) is 0 Å². The first kappa shape index (κ1) is 14.4. The number of carbonyl (C=O) groups excluding carboxylic acids is 1. The first-order chi connectivity index (χ1) is 8.53. The third kappa shape index (κ3) is 3.51. The molecule has 104 valence electrons. The van der Waals surface area contributed by atoms with E-state index in [4.69, 9.17) is 0 Å². The summed E-state index contributed by atoms with van der Waals surface area (Å²) in [6.07, 6.45) is 5.93. The zero-order valence-corrected chi connectivity index (χ0v) is 12.8. The van der Waals surface area contributed by atoms with E-state index in [2.05, 4.69) is 37.4 Å². The van der Waals surface area contributed by atoms with Gasteiger partial charge in [0.05, 0.1) is 0 Å². The highest BCUT2D eigenvalue weighted by Gasteiger charge is 2.37. The van der Waals surface area contributed by atoms with Crippen LogP contribution in [0.2, 0.25) is 0 Å². The van der Waals surface area contributed by atoms with Crippen LogP contribution in [0, 0.1) is 11.3 Å². The molecule has 2 fully saturated rings. The second kappa shape index (κ2) is 5.96. The van der Waals surface area contributed by atoms with Gasteiger partial charge < -0.3 is 9.69 Å². The number of hydrogen-bond acceptors (Lipinski definition) is 3. The first-order valence-corrected chi connectivity index (χ1v) is 8.31. The molecule has 18 heavy (non-hydrogen) atoms. The molecule has 0 amide bonds. The van der Waals surface area contributed by atoms with E-state index in [-0.39, 0.29) is 5.41 Å². The van der Waals surface area contributed by atoms with Crippen LogP contribution < -0.4 is 0 Å². The van der Waals surface area contributed by atoms with Crippen LogP contribution in [-0.2, 0) is 4.79 Å². The van der Waals surface area contributed by atoms with Crippen LogP contribution >= 0.6 is 11.8 Å². The average Bonchev–Trinajstić information content (AvgIpc) is 2.31. The number of thioether (sulfide) groups is 1. The number of aldehydes is 1. The van der Waals surface area contributed by atoms with Gasteiger partial charge in [0.25, 0.3) is 0 Å². The summed E-state index contributed by atoms with van der Waals surface area (Å²) in [5, 5.41) is 1.42. The Morgan fingerprint density at radius 1 is 1.17 bits per heavy atom. The second-order valence-electron chi connectivity index (χ2n) is 6.61. The Balaban J connectivity index is 1.95.